The molecule has 0 aliphatic carbocycles. The Kier molecular flexibility index (Phi) is 11.8. The molecule has 120 valence electrons. The summed E-state index contributed by atoms with van der Waals surface area (Å²) in [5, 5.41) is 3.39. The van der Waals surface area contributed by atoms with Crippen LogP contribution in [0.5, 0.6) is 0 Å². The summed E-state index contributed by atoms with van der Waals surface area (Å²) in [4.78, 5) is 13.6. The van der Waals surface area contributed by atoms with Gasteiger partial charge in [-0.1, -0.05) is 27.7 Å². The summed E-state index contributed by atoms with van der Waals surface area (Å²) in [5.41, 5.74) is 5.33. The molecule has 4 nitrogen and oxygen atoms in total. The molecule has 2 rings (SSSR count). The van der Waals surface area contributed by atoms with Crippen molar-refractivity contribution < 1.29 is 4.79 Å². The average Bonchev–Trinajstić information content (AvgIpc) is 2.53. The van der Waals surface area contributed by atoms with Crippen molar-refractivity contribution in [3.63, 3.8) is 0 Å². The summed E-state index contributed by atoms with van der Waals surface area (Å²) in [6, 6.07) is 0. The van der Waals surface area contributed by atoms with Crippen molar-refractivity contribution in [3.8, 4) is 0 Å². The number of likely N-dealkylation sites (tertiary alicyclic amines) is 1. The van der Waals surface area contributed by atoms with Gasteiger partial charge in [0.05, 0.1) is 0 Å². The molecular weight excluding hydrogens is 250 g/mol. The zero-order valence-electron chi connectivity index (χ0n) is 14.0. The van der Waals surface area contributed by atoms with Gasteiger partial charge in [0.1, 0.15) is 0 Å². The molecule has 0 saturated carbocycles. The summed E-state index contributed by atoms with van der Waals surface area (Å²) < 4.78 is 0. The molecule has 2 fully saturated rings. The number of amides is 1. The van der Waals surface area contributed by atoms with Crippen LogP contribution in [0.2, 0.25) is 0 Å². The summed E-state index contributed by atoms with van der Waals surface area (Å²) in [7, 11) is 0. The Morgan fingerprint density at radius 3 is 2.00 bits per heavy atom. The number of primary amides is 1. The second-order valence-electron chi connectivity index (χ2n) is 5.17. The summed E-state index contributed by atoms with van der Waals surface area (Å²) in [6.45, 7) is 13.7. The maximum Gasteiger partial charge on any atom is 0.220 e. The van der Waals surface area contributed by atoms with Crippen LogP contribution in [0.4, 0.5) is 0 Å². The van der Waals surface area contributed by atoms with Gasteiger partial charge in [-0.15, -0.1) is 0 Å². The van der Waals surface area contributed by atoms with E-state index in [2.05, 4.69) is 10.2 Å². The van der Waals surface area contributed by atoms with Gasteiger partial charge in [0, 0.05) is 12.5 Å². The van der Waals surface area contributed by atoms with E-state index in [4.69, 9.17) is 5.73 Å². The van der Waals surface area contributed by atoms with Gasteiger partial charge in [0.2, 0.25) is 5.91 Å². The van der Waals surface area contributed by atoms with Gasteiger partial charge in [-0.2, -0.15) is 0 Å². The van der Waals surface area contributed by atoms with Gasteiger partial charge in [0.25, 0.3) is 0 Å². The van der Waals surface area contributed by atoms with E-state index in [-0.39, 0.29) is 11.8 Å². The number of piperidine rings is 2. The number of nitrogens with zero attached hydrogens (tertiary/aromatic N) is 1. The molecule has 2 heterocycles. The minimum absolute atomic E-state index is 0.110. The smallest absolute Gasteiger partial charge is 0.220 e. The fraction of sp³-hybridized carbons (Fsp3) is 0.938. The van der Waals surface area contributed by atoms with E-state index in [0.29, 0.717) is 0 Å². The van der Waals surface area contributed by atoms with Crippen LogP contribution in [0.1, 0.15) is 53.4 Å². The Balaban J connectivity index is 0.000000829. The highest BCUT2D eigenvalue weighted by Gasteiger charge is 2.25. The fourth-order valence-electron chi connectivity index (χ4n) is 2.83. The predicted molar refractivity (Wildman–Crippen MR) is 86.6 cm³/mol. The molecule has 2 saturated heterocycles. The molecule has 0 atom stereocenters. The molecule has 2 aliphatic heterocycles. The van der Waals surface area contributed by atoms with E-state index in [0.717, 1.165) is 31.8 Å². The molecule has 3 N–H and O–H groups in total. The monoisotopic (exact) mass is 285 g/mol. The first-order valence-electron chi connectivity index (χ1n) is 8.48. The molecule has 1 amide bonds. The molecule has 0 aromatic rings. The second-order valence-corrected chi connectivity index (χ2v) is 5.17. The third-order valence-corrected chi connectivity index (χ3v) is 3.97. The van der Waals surface area contributed by atoms with Crippen molar-refractivity contribution in [3.05, 3.63) is 0 Å². The lowest BCUT2D eigenvalue weighted by molar-refractivity contribution is -0.123. The standard InChI is InChI=1S/C12H23N3O.2C2H6/c13-12(16)11-3-7-15(8-4-11)9-10-1-5-14-6-2-10;2*1-2/h10-11,14H,1-9H2,(H2,13,16);2*1-2H3. The number of carbonyl (C=O) groups is 1. The first kappa shape index (κ1) is 19.4. The van der Waals surface area contributed by atoms with Crippen LogP contribution >= 0.6 is 0 Å². The average molecular weight is 285 g/mol. The van der Waals surface area contributed by atoms with Crippen molar-refractivity contribution in [2.75, 3.05) is 32.7 Å². The van der Waals surface area contributed by atoms with Crippen LogP contribution in [0.25, 0.3) is 0 Å². The van der Waals surface area contributed by atoms with E-state index < -0.39 is 0 Å². The molecule has 0 unspecified atom stereocenters. The Labute approximate surface area is 125 Å². The Morgan fingerprint density at radius 2 is 1.55 bits per heavy atom. The van der Waals surface area contributed by atoms with E-state index in [9.17, 15) is 4.79 Å². The molecular formula is C16H35N3O. The third-order valence-electron chi connectivity index (χ3n) is 3.97. The van der Waals surface area contributed by atoms with Crippen LogP contribution in [-0.4, -0.2) is 43.5 Å². The minimum Gasteiger partial charge on any atom is -0.369 e. The van der Waals surface area contributed by atoms with E-state index in [1.54, 1.807) is 0 Å². The van der Waals surface area contributed by atoms with Crippen molar-refractivity contribution in [1.29, 1.82) is 0 Å². The number of carbonyl (C=O) groups excluding carboxylic acids is 1. The van der Waals surface area contributed by atoms with Crippen molar-refractivity contribution in [2.24, 2.45) is 17.6 Å². The highest BCUT2D eigenvalue weighted by atomic mass is 16.1. The van der Waals surface area contributed by atoms with E-state index in [1.807, 2.05) is 27.7 Å². The van der Waals surface area contributed by atoms with Crippen LogP contribution < -0.4 is 11.1 Å². The fourth-order valence-corrected chi connectivity index (χ4v) is 2.83. The van der Waals surface area contributed by atoms with Gasteiger partial charge in [-0.05, 0) is 57.8 Å². The predicted octanol–water partition coefficient (Wildman–Crippen LogP) is 2.24. The zero-order chi connectivity index (χ0) is 15.4. The largest absolute Gasteiger partial charge is 0.369 e. The van der Waals surface area contributed by atoms with E-state index >= 15 is 0 Å². The van der Waals surface area contributed by atoms with Crippen LogP contribution in [0.3, 0.4) is 0 Å². The SMILES string of the molecule is CC.CC.NC(=O)C1CCN(CC2CCNCC2)CC1. The lowest BCUT2D eigenvalue weighted by atomic mass is 9.93. The molecule has 20 heavy (non-hydrogen) atoms. The van der Waals surface area contributed by atoms with Gasteiger partial charge >= 0.3 is 0 Å². The molecule has 0 bridgehead atoms. The van der Waals surface area contributed by atoms with E-state index in [1.165, 1.54) is 32.5 Å². The Morgan fingerprint density at radius 1 is 1.05 bits per heavy atom. The lowest BCUT2D eigenvalue weighted by Crippen LogP contribution is -2.42. The molecule has 0 spiro atoms. The summed E-state index contributed by atoms with van der Waals surface area (Å²) in [5.74, 6) is 0.872. The quantitative estimate of drug-likeness (QED) is 0.836. The van der Waals surface area contributed by atoms with Crippen molar-refractivity contribution in [1.82, 2.24) is 10.2 Å². The number of hydrogen-bond donors (Lipinski definition) is 2. The van der Waals surface area contributed by atoms with Crippen LogP contribution in [-0.2, 0) is 4.79 Å². The Hall–Kier alpha value is -0.610. The Bertz CT molecular complexity index is 232. The number of hydrogen-bond acceptors (Lipinski definition) is 3. The normalized spacial score (nSPS) is 21.2. The third kappa shape index (κ3) is 7.25. The number of rotatable bonds is 3. The minimum atomic E-state index is -0.110. The maximum absolute atomic E-state index is 11.0. The summed E-state index contributed by atoms with van der Waals surface area (Å²) in [6.07, 6.45) is 4.52. The highest BCUT2D eigenvalue weighted by Crippen LogP contribution is 2.20. The molecule has 0 aromatic heterocycles. The highest BCUT2D eigenvalue weighted by molar-refractivity contribution is 5.76. The second kappa shape index (κ2) is 12.2. The first-order valence-corrected chi connectivity index (χ1v) is 8.48. The molecule has 2 aliphatic rings. The first-order chi connectivity index (χ1) is 9.75. The zero-order valence-corrected chi connectivity index (χ0v) is 14.0. The van der Waals surface area contributed by atoms with Crippen molar-refractivity contribution >= 4 is 5.91 Å². The van der Waals surface area contributed by atoms with Crippen molar-refractivity contribution in [2.45, 2.75) is 53.4 Å². The number of nitrogens with one attached hydrogen (secondary N) is 1. The van der Waals surface area contributed by atoms with Gasteiger partial charge in [-0.25, -0.2) is 0 Å². The number of nitrogens with two attached hydrogens (primary N) is 1. The van der Waals surface area contributed by atoms with Gasteiger partial charge < -0.3 is 16.0 Å². The van der Waals surface area contributed by atoms with Crippen LogP contribution in [0.15, 0.2) is 0 Å². The topological polar surface area (TPSA) is 58.4 Å². The summed E-state index contributed by atoms with van der Waals surface area (Å²) >= 11 is 0. The van der Waals surface area contributed by atoms with Gasteiger partial charge in [0.15, 0.2) is 0 Å². The molecule has 0 radical (unpaired) electrons. The molecule has 0 aromatic carbocycles. The maximum atomic E-state index is 11.0. The lowest BCUT2D eigenvalue weighted by Gasteiger charge is -2.34. The van der Waals surface area contributed by atoms with Crippen LogP contribution in [0, 0.1) is 11.8 Å². The van der Waals surface area contributed by atoms with Gasteiger partial charge in [-0.3, -0.25) is 4.79 Å². The molecule has 4 heteroatoms.